The van der Waals surface area contributed by atoms with Crippen LogP contribution < -0.4 is 5.32 Å². The summed E-state index contributed by atoms with van der Waals surface area (Å²) >= 11 is 0. The van der Waals surface area contributed by atoms with E-state index in [1.807, 2.05) is 26.0 Å². The van der Waals surface area contributed by atoms with Crippen LogP contribution in [0.15, 0.2) is 47.2 Å². The summed E-state index contributed by atoms with van der Waals surface area (Å²) in [6.07, 6.45) is 3.20. The Morgan fingerprint density at radius 3 is 2.64 bits per heavy atom. The van der Waals surface area contributed by atoms with Gasteiger partial charge in [-0.3, -0.25) is 9.78 Å². The first-order chi connectivity index (χ1) is 12.0. The Morgan fingerprint density at radius 2 is 2.00 bits per heavy atom. The van der Waals surface area contributed by atoms with Crippen molar-refractivity contribution in [2.75, 3.05) is 5.32 Å². The van der Waals surface area contributed by atoms with Crippen molar-refractivity contribution < 1.29 is 14.4 Å². The number of anilines is 1. The highest BCUT2D eigenvalue weighted by molar-refractivity contribution is 6.04. The van der Waals surface area contributed by atoms with Gasteiger partial charge in [0.2, 0.25) is 5.89 Å². The molecule has 2 heterocycles. The van der Waals surface area contributed by atoms with Crippen LogP contribution in [-0.2, 0) is 6.42 Å². The molecule has 0 atom stereocenters. The predicted octanol–water partition coefficient (Wildman–Crippen LogP) is 3.14. The van der Waals surface area contributed by atoms with Crippen molar-refractivity contribution in [2.24, 2.45) is 0 Å². The van der Waals surface area contributed by atoms with E-state index in [1.165, 1.54) is 18.5 Å². The molecule has 2 aromatic heterocycles. The van der Waals surface area contributed by atoms with Gasteiger partial charge in [-0.2, -0.15) is 4.98 Å². The smallest absolute Gasteiger partial charge is 0.257 e. The van der Waals surface area contributed by atoms with Crippen molar-refractivity contribution in [1.29, 1.82) is 0 Å². The largest absolute Gasteiger partial charge is 0.506 e. The average molecular weight is 338 g/mol. The molecular formula is C18H18N4O3. The Kier molecular flexibility index (Phi) is 4.74. The van der Waals surface area contributed by atoms with Gasteiger partial charge < -0.3 is 14.9 Å². The summed E-state index contributed by atoms with van der Waals surface area (Å²) in [6.45, 7) is 4.02. The van der Waals surface area contributed by atoms with Gasteiger partial charge >= 0.3 is 0 Å². The zero-order valence-electron chi connectivity index (χ0n) is 13.9. The molecule has 128 valence electrons. The third-order valence-corrected chi connectivity index (χ3v) is 3.55. The van der Waals surface area contributed by atoms with Gasteiger partial charge in [0.15, 0.2) is 5.82 Å². The fourth-order valence-electron chi connectivity index (χ4n) is 2.21. The van der Waals surface area contributed by atoms with Gasteiger partial charge in [-0.25, -0.2) is 0 Å². The van der Waals surface area contributed by atoms with Crippen LogP contribution in [0.5, 0.6) is 5.75 Å². The van der Waals surface area contributed by atoms with E-state index in [1.54, 1.807) is 12.1 Å². The molecule has 0 radical (unpaired) electrons. The van der Waals surface area contributed by atoms with Gasteiger partial charge in [0.05, 0.1) is 18.2 Å². The first-order valence-electron chi connectivity index (χ1n) is 7.88. The van der Waals surface area contributed by atoms with Crippen LogP contribution in [-0.4, -0.2) is 26.1 Å². The minimum absolute atomic E-state index is 0.0525. The maximum Gasteiger partial charge on any atom is 0.257 e. The van der Waals surface area contributed by atoms with Crippen LogP contribution in [0, 0.1) is 0 Å². The lowest BCUT2D eigenvalue weighted by atomic mass is 10.1. The summed E-state index contributed by atoms with van der Waals surface area (Å²) in [5, 5.41) is 16.1. The normalized spacial score (nSPS) is 10.8. The first kappa shape index (κ1) is 16.6. The molecule has 0 aliphatic carbocycles. The highest BCUT2D eigenvalue weighted by Gasteiger charge is 2.11. The number of benzene rings is 1. The topological polar surface area (TPSA) is 101 Å². The Hall–Kier alpha value is -3.22. The maximum atomic E-state index is 12.1. The molecule has 1 amide bonds. The Balaban J connectivity index is 1.64. The number of carbonyl (C=O) groups excluding carboxylic acids is 1. The summed E-state index contributed by atoms with van der Waals surface area (Å²) in [5.74, 6) is 1.09. The summed E-state index contributed by atoms with van der Waals surface area (Å²) in [7, 11) is 0. The summed E-state index contributed by atoms with van der Waals surface area (Å²) in [4.78, 5) is 20.2. The number of nitrogens with zero attached hydrogens (tertiary/aromatic N) is 3. The summed E-state index contributed by atoms with van der Waals surface area (Å²) in [6, 6.07) is 8.72. The van der Waals surface area contributed by atoms with Crippen LogP contribution in [0.2, 0.25) is 0 Å². The second kappa shape index (κ2) is 7.12. The predicted molar refractivity (Wildman–Crippen MR) is 91.5 cm³/mol. The lowest BCUT2D eigenvalue weighted by Crippen LogP contribution is -2.12. The average Bonchev–Trinajstić information content (AvgIpc) is 3.05. The molecule has 0 aliphatic heterocycles. The number of pyridine rings is 1. The molecular weight excluding hydrogens is 320 g/mol. The van der Waals surface area contributed by atoms with Crippen molar-refractivity contribution in [3.63, 3.8) is 0 Å². The third-order valence-electron chi connectivity index (χ3n) is 3.55. The van der Waals surface area contributed by atoms with Crippen LogP contribution in [0.1, 0.15) is 47.4 Å². The number of hydrogen-bond acceptors (Lipinski definition) is 6. The second-order valence-corrected chi connectivity index (χ2v) is 5.96. The van der Waals surface area contributed by atoms with E-state index in [9.17, 15) is 9.90 Å². The van der Waals surface area contributed by atoms with Crippen LogP contribution >= 0.6 is 0 Å². The van der Waals surface area contributed by atoms with Crippen molar-refractivity contribution in [3.8, 4) is 5.75 Å². The van der Waals surface area contributed by atoms with Crippen molar-refractivity contribution in [3.05, 3.63) is 65.6 Å². The SMILES string of the molecule is CC(C)c1noc(Cc2ccc(NC(=O)c3cncc(O)c3)cc2)n1. The fraction of sp³-hybridized carbons (Fsp3) is 0.222. The molecule has 1 aromatic carbocycles. The zero-order chi connectivity index (χ0) is 17.8. The molecule has 25 heavy (non-hydrogen) atoms. The molecule has 7 heteroatoms. The molecule has 0 bridgehead atoms. The van der Waals surface area contributed by atoms with E-state index >= 15 is 0 Å². The van der Waals surface area contributed by atoms with Crippen LogP contribution in [0.4, 0.5) is 5.69 Å². The van der Waals surface area contributed by atoms with Gasteiger partial charge in [-0.15, -0.1) is 0 Å². The molecule has 7 nitrogen and oxygen atoms in total. The van der Waals surface area contributed by atoms with Gasteiger partial charge in [-0.05, 0) is 23.8 Å². The number of amides is 1. The molecule has 0 spiro atoms. The van der Waals surface area contributed by atoms with Gasteiger partial charge in [0.1, 0.15) is 5.75 Å². The van der Waals surface area contributed by atoms with Crippen molar-refractivity contribution >= 4 is 11.6 Å². The van der Waals surface area contributed by atoms with E-state index in [4.69, 9.17) is 4.52 Å². The van der Waals surface area contributed by atoms with Crippen LogP contribution in [0.25, 0.3) is 0 Å². The summed E-state index contributed by atoms with van der Waals surface area (Å²) < 4.78 is 5.23. The van der Waals surface area contributed by atoms with E-state index in [-0.39, 0.29) is 23.1 Å². The van der Waals surface area contributed by atoms with E-state index < -0.39 is 0 Å². The monoisotopic (exact) mass is 338 g/mol. The standard InChI is InChI=1S/C18H18N4O3/c1-11(2)17-21-16(25-22-17)7-12-3-5-14(6-4-12)20-18(24)13-8-15(23)10-19-9-13/h3-6,8-11,23H,7H2,1-2H3,(H,20,24). The second-order valence-electron chi connectivity index (χ2n) is 5.96. The fourth-order valence-corrected chi connectivity index (χ4v) is 2.21. The van der Waals surface area contributed by atoms with Crippen LogP contribution in [0.3, 0.4) is 0 Å². The highest BCUT2D eigenvalue weighted by atomic mass is 16.5. The van der Waals surface area contributed by atoms with E-state index in [2.05, 4.69) is 20.4 Å². The van der Waals surface area contributed by atoms with Crippen molar-refractivity contribution in [1.82, 2.24) is 15.1 Å². The van der Waals surface area contributed by atoms with E-state index in [0.717, 1.165) is 5.56 Å². The van der Waals surface area contributed by atoms with Gasteiger partial charge in [0, 0.05) is 17.8 Å². The third kappa shape index (κ3) is 4.20. The Morgan fingerprint density at radius 1 is 1.24 bits per heavy atom. The lowest BCUT2D eigenvalue weighted by Gasteiger charge is -2.06. The summed E-state index contributed by atoms with van der Waals surface area (Å²) in [5.41, 5.74) is 1.93. The number of aromatic nitrogens is 3. The molecule has 0 saturated carbocycles. The number of nitrogens with one attached hydrogen (secondary N) is 1. The van der Waals surface area contributed by atoms with Gasteiger partial charge in [-0.1, -0.05) is 31.1 Å². The lowest BCUT2D eigenvalue weighted by molar-refractivity contribution is 0.102. The minimum atomic E-state index is -0.338. The molecule has 3 rings (SSSR count). The number of carbonyl (C=O) groups is 1. The van der Waals surface area contributed by atoms with Gasteiger partial charge in [0.25, 0.3) is 5.91 Å². The quantitative estimate of drug-likeness (QED) is 0.741. The Labute approximate surface area is 144 Å². The molecule has 0 aliphatic rings. The zero-order valence-corrected chi connectivity index (χ0v) is 13.9. The maximum absolute atomic E-state index is 12.1. The van der Waals surface area contributed by atoms with E-state index in [0.29, 0.717) is 23.8 Å². The number of aromatic hydroxyl groups is 1. The highest BCUT2D eigenvalue weighted by Crippen LogP contribution is 2.16. The number of rotatable bonds is 5. The number of hydrogen-bond donors (Lipinski definition) is 2. The van der Waals surface area contributed by atoms with Crippen molar-refractivity contribution in [2.45, 2.75) is 26.2 Å². The molecule has 0 saturated heterocycles. The molecule has 2 N–H and O–H groups in total. The minimum Gasteiger partial charge on any atom is -0.506 e. The molecule has 3 aromatic rings. The molecule has 0 fully saturated rings. The first-order valence-corrected chi connectivity index (χ1v) is 7.88. The Bertz CT molecular complexity index is 872. The molecule has 0 unspecified atom stereocenters.